The summed E-state index contributed by atoms with van der Waals surface area (Å²) in [6.07, 6.45) is 6.52. The molecule has 1 aromatic heterocycles. The van der Waals surface area contributed by atoms with Gasteiger partial charge >= 0.3 is 6.09 Å². The number of aliphatic imine (C=N–C) groups is 1. The van der Waals surface area contributed by atoms with Crippen molar-refractivity contribution in [3.8, 4) is 22.8 Å². The smallest absolute Gasteiger partial charge is 0.410 e. The molecule has 2 fully saturated rings. The van der Waals surface area contributed by atoms with E-state index in [0.717, 1.165) is 130 Å². The first-order valence-corrected chi connectivity index (χ1v) is 34.4. The lowest BCUT2D eigenvalue weighted by molar-refractivity contribution is 0.0160. The molecule has 7 aromatic carbocycles. The maximum absolute atomic E-state index is 14.2. The standard InChI is InChI=1S/C46H45N3O4.C23H24N2O2.C6H16Si/c1-45(2,3)53-44(51)48-26-13-14-32(31-48)28-41(50)33-21-23-40-39(30-33)43(35-22-24-42-34(29-35)25-27-52-42)47-49(40)46(36-15-7-4-8-16-36,37-17-9-5-10-18-37)38-19-11-6-12-20-38;26-21(10-15-2-1-8-24-13-15)16-3-4-19-14-25-23(20(19)12-16)18-5-6-22-17(11-18)7-9-27-22;1-4-7(5-2)6-3/h4-12,15-24,29-30,32H,13-14,25-28,31H2,1-3H3;3-6,11-12,15,24H,1-2,7-10,13-14H2;7H,4-6H2,1-3H3/t32-;15-;/m00./s1. The molecule has 0 spiro atoms. The summed E-state index contributed by atoms with van der Waals surface area (Å²) in [5.41, 5.74) is 12.8. The van der Waals surface area contributed by atoms with Gasteiger partial charge in [-0.2, -0.15) is 5.10 Å². The average molecular weight is 1180 g/mol. The Bertz CT molecular complexity index is 3630. The number of carbonyl (C=O) groups is 3. The number of carbonyl (C=O) groups excluding carboxylic acids is 3. The number of likely N-dealkylation sites (tertiary alicyclic amines) is 1. The maximum Gasteiger partial charge on any atom is 0.410 e. The van der Waals surface area contributed by atoms with Crippen molar-refractivity contribution in [1.82, 2.24) is 20.0 Å². The molecule has 6 heterocycles. The Labute approximate surface area is 516 Å². The molecule has 2 saturated heterocycles. The van der Waals surface area contributed by atoms with E-state index < -0.39 is 11.1 Å². The van der Waals surface area contributed by atoms with Crippen molar-refractivity contribution < 1.29 is 28.6 Å². The highest BCUT2D eigenvalue weighted by Crippen LogP contribution is 2.45. The summed E-state index contributed by atoms with van der Waals surface area (Å²) in [5, 5.41) is 9.87. The van der Waals surface area contributed by atoms with Crippen LogP contribution in [0, 0.1) is 11.8 Å². The van der Waals surface area contributed by atoms with E-state index in [9.17, 15) is 14.4 Å². The minimum absolute atomic E-state index is 0.0558. The Balaban J connectivity index is 0.000000190. The molecule has 0 radical (unpaired) electrons. The molecule has 1 amide bonds. The van der Waals surface area contributed by atoms with Crippen LogP contribution < -0.4 is 14.8 Å². The Morgan fingerprint density at radius 3 is 1.77 bits per heavy atom. The zero-order chi connectivity index (χ0) is 60.5. The van der Waals surface area contributed by atoms with Crippen LogP contribution in [0.3, 0.4) is 0 Å². The highest BCUT2D eigenvalue weighted by atomic mass is 28.3. The third-order valence-corrected chi connectivity index (χ3v) is 21.6. The lowest BCUT2D eigenvalue weighted by Crippen LogP contribution is -2.43. The summed E-state index contributed by atoms with van der Waals surface area (Å²) >= 11 is 0. The third-order valence-electron chi connectivity index (χ3n) is 18.2. The number of hydrogen-bond donors (Lipinski definition) is 1. The van der Waals surface area contributed by atoms with Crippen LogP contribution in [0.2, 0.25) is 18.1 Å². The molecule has 450 valence electrons. The molecule has 8 aromatic rings. The topological polar surface area (TPSA) is 124 Å². The molecule has 0 saturated carbocycles. The SMILES string of the molecule is CC(C)(C)OC(=O)N1CCC[C@@H](CC(=O)c2ccc3c(c2)c(-c2ccc4c(c2)CCO4)nn3C(c2ccccc2)(c2ccccc2)c2ccccc2)C1.CC[SiH](CC)CC.O=C(C[C@@H]1CCCNC1)c1ccc2c(c1)C(c1ccc3c(c1)CCO3)=NC2. The van der Waals surface area contributed by atoms with E-state index in [2.05, 4.69) is 146 Å². The second-order valence-corrected chi connectivity index (χ2v) is 29.4. The van der Waals surface area contributed by atoms with Crippen molar-refractivity contribution in [2.75, 3.05) is 39.4 Å². The van der Waals surface area contributed by atoms with Gasteiger partial charge in [0.05, 0.1) is 31.0 Å². The van der Waals surface area contributed by atoms with E-state index in [1.165, 1.54) is 35.7 Å². The zero-order valence-electron chi connectivity index (χ0n) is 51.8. The number of fused-ring (bicyclic) bond motifs is 4. The number of piperidine rings is 2. The van der Waals surface area contributed by atoms with E-state index >= 15 is 0 Å². The van der Waals surface area contributed by atoms with Gasteiger partial charge in [-0.05, 0) is 165 Å². The summed E-state index contributed by atoms with van der Waals surface area (Å²) in [7, 11) is -0.171. The molecule has 5 aliphatic rings. The molecule has 13 rings (SSSR count). The molecule has 0 bridgehead atoms. The van der Waals surface area contributed by atoms with Crippen LogP contribution in [0.25, 0.3) is 22.2 Å². The first kappa shape index (κ1) is 60.7. The molecule has 2 atom stereocenters. The lowest BCUT2D eigenvalue weighted by Gasteiger charge is -2.37. The molecule has 1 N–H and O–H groups in total. The van der Waals surface area contributed by atoms with E-state index in [0.29, 0.717) is 50.6 Å². The van der Waals surface area contributed by atoms with Crippen molar-refractivity contribution >= 4 is 43.1 Å². The minimum atomic E-state index is -0.834. The van der Waals surface area contributed by atoms with Crippen LogP contribution in [0.1, 0.15) is 145 Å². The molecule has 0 unspecified atom stereocenters. The van der Waals surface area contributed by atoms with Crippen LogP contribution in [-0.2, 0) is 29.7 Å². The van der Waals surface area contributed by atoms with E-state index in [1.807, 2.05) is 69.3 Å². The number of ether oxygens (including phenoxy) is 3. The third kappa shape index (κ3) is 13.6. The number of hydrogen-bond acceptors (Lipinski definition) is 9. The molecule has 87 heavy (non-hydrogen) atoms. The Morgan fingerprint density at radius 1 is 0.632 bits per heavy atom. The quantitative estimate of drug-likeness (QED) is 0.0611. The molecular formula is C75H85N5O6Si. The molecular weight excluding hydrogens is 1090 g/mol. The van der Waals surface area contributed by atoms with Crippen LogP contribution in [0.4, 0.5) is 4.79 Å². The van der Waals surface area contributed by atoms with Gasteiger partial charge in [-0.3, -0.25) is 14.6 Å². The normalized spacial score (nSPS) is 16.9. The van der Waals surface area contributed by atoms with E-state index in [4.69, 9.17) is 24.3 Å². The van der Waals surface area contributed by atoms with Crippen LogP contribution >= 0.6 is 0 Å². The van der Waals surface area contributed by atoms with E-state index in [1.54, 1.807) is 4.90 Å². The van der Waals surface area contributed by atoms with Crippen molar-refractivity contribution in [3.05, 3.63) is 219 Å². The Morgan fingerprint density at radius 2 is 1.20 bits per heavy atom. The Kier molecular flexibility index (Phi) is 19.1. The van der Waals surface area contributed by atoms with E-state index in [-0.39, 0.29) is 32.4 Å². The van der Waals surface area contributed by atoms with Crippen LogP contribution in [0.15, 0.2) is 169 Å². The minimum Gasteiger partial charge on any atom is -0.493 e. The van der Waals surface area contributed by atoms with Crippen LogP contribution in [-0.4, -0.2) is 91.8 Å². The number of aromatic nitrogens is 2. The summed E-state index contributed by atoms with van der Waals surface area (Å²) < 4.78 is 19.3. The number of ketones is 2. The number of nitrogens with zero attached hydrogens (tertiary/aromatic N) is 4. The molecule has 11 nitrogen and oxygen atoms in total. The number of Topliss-reactive ketones (excluding diaryl/α,β-unsaturated/α-hetero) is 2. The summed E-state index contributed by atoms with van der Waals surface area (Å²) in [6.45, 7) is 17.9. The number of nitrogens with one attached hydrogen (secondary N) is 1. The maximum atomic E-state index is 14.2. The second-order valence-electron chi connectivity index (χ2n) is 25.2. The largest absolute Gasteiger partial charge is 0.493 e. The van der Waals surface area contributed by atoms with Gasteiger partial charge in [0.2, 0.25) is 0 Å². The molecule has 0 aliphatic carbocycles. The van der Waals surface area contributed by atoms with Gasteiger partial charge in [0, 0.05) is 80.8 Å². The van der Waals surface area contributed by atoms with Crippen molar-refractivity contribution in [2.24, 2.45) is 16.8 Å². The van der Waals surface area contributed by atoms with Gasteiger partial charge in [-0.1, -0.05) is 142 Å². The monoisotopic (exact) mass is 1180 g/mol. The fourth-order valence-electron chi connectivity index (χ4n) is 13.4. The predicted octanol–water partition coefficient (Wildman–Crippen LogP) is 15.5. The second kappa shape index (κ2) is 27.4. The zero-order valence-corrected chi connectivity index (χ0v) is 52.9. The average Bonchev–Trinajstić information content (AvgIpc) is 1.91. The predicted molar refractivity (Wildman–Crippen MR) is 353 cm³/mol. The van der Waals surface area contributed by atoms with Gasteiger partial charge < -0.3 is 24.4 Å². The Hall–Kier alpha value is -7.93. The first-order chi connectivity index (χ1) is 42.3. The fraction of sp³-hybridized carbons (Fsp3) is 0.373. The van der Waals surface area contributed by atoms with Gasteiger partial charge in [-0.15, -0.1) is 0 Å². The summed E-state index contributed by atoms with van der Waals surface area (Å²) in [6, 6.07) is 60.9. The number of rotatable bonds is 15. The highest BCUT2D eigenvalue weighted by molar-refractivity contribution is 6.58. The number of benzene rings is 7. The van der Waals surface area contributed by atoms with Gasteiger partial charge in [0.15, 0.2) is 11.6 Å². The van der Waals surface area contributed by atoms with Crippen molar-refractivity contribution in [1.29, 1.82) is 0 Å². The fourth-order valence-corrected chi connectivity index (χ4v) is 15.1. The summed E-state index contributed by atoms with van der Waals surface area (Å²) in [5.74, 6) is 2.73. The van der Waals surface area contributed by atoms with Crippen molar-refractivity contribution in [3.63, 3.8) is 0 Å². The number of amides is 1. The van der Waals surface area contributed by atoms with Crippen molar-refractivity contribution in [2.45, 2.75) is 129 Å². The van der Waals surface area contributed by atoms with Gasteiger partial charge in [0.1, 0.15) is 28.3 Å². The molecule has 12 heteroatoms. The first-order valence-electron chi connectivity index (χ1n) is 32.0. The summed E-state index contributed by atoms with van der Waals surface area (Å²) in [4.78, 5) is 46.4. The lowest BCUT2D eigenvalue weighted by atomic mass is 9.77. The van der Waals surface area contributed by atoms with Gasteiger partial charge in [-0.25, -0.2) is 9.48 Å². The molecule has 5 aliphatic heterocycles. The van der Waals surface area contributed by atoms with Gasteiger partial charge in [0.25, 0.3) is 0 Å². The van der Waals surface area contributed by atoms with Crippen LogP contribution in [0.5, 0.6) is 11.5 Å². The highest BCUT2D eigenvalue weighted by Gasteiger charge is 2.41.